The molecule has 4 aromatic rings. The van der Waals surface area contributed by atoms with Gasteiger partial charge in [-0.25, -0.2) is 17.7 Å². The number of nitrogens with zero attached hydrogens (tertiary/aromatic N) is 3. The van der Waals surface area contributed by atoms with Crippen molar-refractivity contribution in [1.29, 1.82) is 0 Å². The van der Waals surface area contributed by atoms with Gasteiger partial charge in [0.1, 0.15) is 9.73 Å². The van der Waals surface area contributed by atoms with Crippen LogP contribution in [0.25, 0.3) is 21.3 Å². The minimum atomic E-state index is -3.93. The number of fused-ring (bicyclic) bond motifs is 2. The van der Waals surface area contributed by atoms with Gasteiger partial charge in [0.2, 0.25) is 0 Å². The minimum Gasteiger partial charge on any atom is -0.297 e. The van der Waals surface area contributed by atoms with E-state index in [0.29, 0.717) is 15.2 Å². The maximum Gasteiger partial charge on any atom is 0.269 e. The van der Waals surface area contributed by atoms with Gasteiger partial charge in [0, 0.05) is 22.5 Å². The highest BCUT2D eigenvalue weighted by molar-refractivity contribution is 7.90. The van der Waals surface area contributed by atoms with Gasteiger partial charge in [0.25, 0.3) is 21.5 Å². The van der Waals surface area contributed by atoms with Crippen LogP contribution in [0, 0.1) is 0 Å². The van der Waals surface area contributed by atoms with Crippen molar-refractivity contribution in [2.45, 2.75) is 11.4 Å². The molecule has 0 aliphatic carbocycles. The largest absolute Gasteiger partial charge is 0.297 e. The van der Waals surface area contributed by atoms with Crippen LogP contribution in [-0.4, -0.2) is 34.7 Å². The second-order valence-corrected chi connectivity index (χ2v) is 10.1. The fourth-order valence-electron chi connectivity index (χ4n) is 3.62. The molecule has 0 atom stereocenters. The van der Waals surface area contributed by atoms with Gasteiger partial charge in [-0.2, -0.15) is 0 Å². The third-order valence-electron chi connectivity index (χ3n) is 5.17. The second kappa shape index (κ2) is 7.30. The first-order valence-corrected chi connectivity index (χ1v) is 12.0. The van der Waals surface area contributed by atoms with Crippen molar-refractivity contribution < 1.29 is 13.2 Å². The van der Waals surface area contributed by atoms with E-state index in [0.717, 1.165) is 15.4 Å². The zero-order chi connectivity index (χ0) is 21.8. The number of rotatable bonds is 4. The Kier molecular flexibility index (Phi) is 4.69. The summed E-state index contributed by atoms with van der Waals surface area (Å²) in [4.78, 5) is 30.7. The van der Waals surface area contributed by atoms with Crippen LogP contribution in [0.4, 0.5) is 0 Å². The molecule has 0 N–H and O–H groups in total. The molecule has 0 bridgehead atoms. The first kappa shape index (κ1) is 19.9. The summed E-state index contributed by atoms with van der Waals surface area (Å²) >= 11 is 7.32. The number of halogens is 1. The lowest BCUT2D eigenvalue weighted by atomic mass is 10.1. The number of amides is 1. The number of carbonyl (C=O) groups is 1. The summed E-state index contributed by atoms with van der Waals surface area (Å²) in [6, 6.07) is 13.2. The van der Waals surface area contributed by atoms with Gasteiger partial charge in [-0.15, -0.1) is 11.3 Å². The highest BCUT2D eigenvalue weighted by Crippen LogP contribution is 2.32. The molecule has 156 valence electrons. The molecule has 0 spiro atoms. The number of benzene rings is 2. The van der Waals surface area contributed by atoms with Crippen LogP contribution in [0.15, 0.2) is 69.9 Å². The third kappa shape index (κ3) is 3.16. The summed E-state index contributed by atoms with van der Waals surface area (Å²) in [6.07, 6.45) is 1.38. The van der Waals surface area contributed by atoms with E-state index in [2.05, 4.69) is 4.98 Å². The van der Waals surface area contributed by atoms with Gasteiger partial charge < -0.3 is 0 Å². The molecule has 7 nitrogen and oxygen atoms in total. The summed E-state index contributed by atoms with van der Waals surface area (Å²) in [6.45, 7) is -0.167. The third-order valence-corrected chi connectivity index (χ3v) is 8.15. The van der Waals surface area contributed by atoms with Crippen molar-refractivity contribution in [3.05, 3.63) is 81.2 Å². The van der Waals surface area contributed by atoms with Crippen molar-refractivity contribution in [2.24, 2.45) is 0 Å². The Balaban J connectivity index is 1.49. The SMILES string of the molecule is O=C1c2ccccc2S(=O)(=O)N1CCn1cnc2scc(-c3ccc(Cl)cc3)c2c1=O. The molecule has 0 radical (unpaired) electrons. The van der Waals surface area contributed by atoms with E-state index < -0.39 is 15.9 Å². The van der Waals surface area contributed by atoms with E-state index in [1.807, 2.05) is 17.5 Å². The smallest absolute Gasteiger partial charge is 0.269 e. The summed E-state index contributed by atoms with van der Waals surface area (Å²) in [5.74, 6) is -0.588. The lowest BCUT2D eigenvalue weighted by Gasteiger charge is -2.15. The molecule has 1 aliphatic heterocycles. The van der Waals surface area contributed by atoms with E-state index >= 15 is 0 Å². The maximum absolute atomic E-state index is 13.2. The molecule has 5 rings (SSSR count). The summed E-state index contributed by atoms with van der Waals surface area (Å²) in [7, 11) is -3.93. The molecule has 1 aliphatic rings. The lowest BCUT2D eigenvalue weighted by molar-refractivity contribution is 0.0868. The van der Waals surface area contributed by atoms with Crippen LogP contribution in [0.3, 0.4) is 0 Å². The van der Waals surface area contributed by atoms with Gasteiger partial charge in [0.05, 0.1) is 23.8 Å². The average Bonchev–Trinajstić information content (AvgIpc) is 3.27. The second-order valence-electron chi connectivity index (χ2n) is 6.96. The van der Waals surface area contributed by atoms with E-state index in [-0.39, 0.29) is 29.1 Å². The Morgan fingerprint density at radius 2 is 1.71 bits per heavy atom. The fraction of sp³-hybridized carbons (Fsp3) is 0.0952. The number of aromatic nitrogens is 2. The Morgan fingerprint density at radius 3 is 2.45 bits per heavy atom. The Hall–Kier alpha value is -3.01. The van der Waals surface area contributed by atoms with Crippen molar-refractivity contribution in [1.82, 2.24) is 13.9 Å². The minimum absolute atomic E-state index is 0.00334. The summed E-state index contributed by atoms with van der Waals surface area (Å²) in [5.41, 5.74) is 1.42. The fourth-order valence-corrected chi connectivity index (χ4v) is 6.21. The molecule has 2 aromatic carbocycles. The summed E-state index contributed by atoms with van der Waals surface area (Å²) < 4.78 is 27.6. The van der Waals surface area contributed by atoms with Gasteiger partial charge in [-0.05, 0) is 29.8 Å². The number of hydrogen-bond acceptors (Lipinski definition) is 6. The molecule has 0 saturated heterocycles. The number of carbonyl (C=O) groups excluding carboxylic acids is 1. The van der Waals surface area contributed by atoms with Gasteiger partial charge in [-0.1, -0.05) is 35.9 Å². The van der Waals surface area contributed by atoms with E-state index in [9.17, 15) is 18.0 Å². The molecule has 2 aromatic heterocycles. The van der Waals surface area contributed by atoms with Crippen LogP contribution >= 0.6 is 22.9 Å². The highest BCUT2D eigenvalue weighted by Gasteiger charge is 2.40. The number of hydrogen-bond donors (Lipinski definition) is 0. The van der Waals surface area contributed by atoms with Crippen LogP contribution in [0.1, 0.15) is 10.4 Å². The molecular formula is C21H14ClN3O4S2. The van der Waals surface area contributed by atoms with E-state index in [4.69, 9.17) is 11.6 Å². The average molecular weight is 472 g/mol. The first-order valence-electron chi connectivity index (χ1n) is 9.26. The summed E-state index contributed by atoms with van der Waals surface area (Å²) in [5, 5.41) is 2.91. The highest BCUT2D eigenvalue weighted by atomic mass is 35.5. The maximum atomic E-state index is 13.2. The van der Waals surface area contributed by atoms with Crippen LogP contribution in [0.2, 0.25) is 5.02 Å². The molecule has 0 fully saturated rings. The monoisotopic (exact) mass is 471 g/mol. The van der Waals surface area contributed by atoms with Crippen molar-refractivity contribution in [3.8, 4) is 11.1 Å². The van der Waals surface area contributed by atoms with Crippen molar-refractivity contribution in [2.75, 3.05) is 6.54 Å². The Labute approximate surface area is 186 Å². The topological polar surface area (TPSA) is 89.3 Å². The first-order chi connectivity index (χ1) is 14.9. The van der Waals surface area contributed by atoms with Gasteiger partial charge in [-0.3, -0.25) is 14.2 Å². The zero-order valence-electron chi connectivity index (χ0n) is 15.9. The van der Waals surface area contributed by atoms with Crippen molar-refractivity contribution in [3.63, 3.8) is 0 Å². The van der Waals surface area contributed by atoms with Crippen LogP contribution in [-0.2, 0) is 16.6 Å². The van der Waals surface area contributed by atoms with Crippen molar-refractivity contribution >= 4 is 49.1 Å². The molecule has 1 amide bonds. The Bertz CT molecular complexity index is 1510. The zero-order valence-corrected chi connectivity index (χ0v) is 18.2. The molecule has 0 saturated carbocycles. The molecular weight excluding hydrogens is 458 g/mol. The Morgan fingerprint density at radius 1 is 0.968 bits per heavy atom. The van der Waals surface area contributed by atoms with Gasteiger partial charge >= 0.3 is 0 Å². The normalized spacial score (nSPS) is 14.9. The van der Waals surface area contributed by atoms with E-state index in [1.165, 1.54) is 34.4 Å². The number of sulfonamides is 1. The van der Waals surface area contributed by atoms with E-state index in [1.54, 1.807) is 24.3 Å². The lowest BCUT2D eigenvalue weighted by Crippen LogP contribution is -2.35. The van der Waals surface area contributed by atoms with Crippen LogP contribution < -0.4 is 5.56 Å². The predicted octanol–water partition coefficient (Wildman–Crippen LogP) is 3.62. The standard InChI is InChI=1S/C21H14ClN3O4S2/c22-14-7-5-13(6-8-14)16-11-30-19-18(16)21(27)24(12-23-19)9-10-25-20(26)15-3-1-2-4-17(15)31(25,28)29/h1-8,11-12H,9-10H2. The quantitative estimate of drug-likeness (QED) is 0.453. The predicted molar refractivity (Wildman–Crippen MR) is 119 cm³/mol. The molecule has 3 heterocycles. The molecule has 0 unspecified atom stereocenters. The molecule has 31 heavy (non-hydrogen) atoms. The van der Waals surface area contributed by atoms with Crippen LogP contribution in [0.5, 0.6) is 0 Å². The molecule has 10 heteroatoms. The number of thiophene rings is 1. The van der Waals surface area contributed by atoms with Gasteiger partial charge in [0.15, 0.2) is 0 Å².